The van der Waals surface area contributed by atoms with E-state index in [0.717, 1.165) is 20.3 Å². The second-order valence-corrected chi connectivity index (χ2v) is 10.8. The molecule has 0 aliphatic heterocycles. The molecule has 0 radical (unpaired) electrons. The highest BCUT2D eigenvalue weighted by Gasteiger charge is 2.21. The topological polar surface area (TPSA) is 79.4 Å². The van der Waals surface area contributed by atoms with Crippen LogP contribution < -0.4 is 9.62 Å². The first-order valence-corrected chi connectivity index (χ1v) is 12.3. The molecule has 3 aromatic carbocycles. The minimum absolute atomic E-state index is 0.107. The second-order valence-electron chi connectivity index (χ2n) is 6.88. The average molecular weight is 516 g/mol. The standard InChI is InChI=1S/C22H18BrN3O3S2/c1-14-12-16(23)13-19-20(14)24-22(30-19)25-21(27)15-8-10-18(11-9-15)31(28,29)26(2)17-6-4-3-5-7-17/h3-13H,1-2H3,(H,24,25,27). The summed E-state index contributed by atoms with van der Waals surface area (Å²) in [6.07, 6.45) is 0. The predicted octanol–water partition coefficient (Wildman–Crippen LogP) is 5.44. The summed E-state index contributed by atoms with van der Waals surface area (Å²) in [5.74, 6) is -0.351. The summed E-state index contributed by atoms with van der Waals surface area (Å²) < 4.78 is 28.9. The van der Waals surface area contributed by atoms with Crippen LogP contribution in [0.1, 0.15) is 15.9 Å². The summed E-state index contributed by atoms with van der Waals surface area (Å²) in [6.45, 7) is 1.96. The molecule has 9 heteroatoms. The quantitative estimate of drug-likeness (QED) is 0.383. The Labute approximate surface area is 192 Å². The molecular formula is C22H18BrN3O3S2. The fourth-order valence-electron chi connectivity index (χ4n) is 3.09. The highest BCUT2D eigenvalue weighted by Crippen LogP contribution is 2.31. The van der Waals surface area contributed by atoms with Gasteiger partial charge in [-0.1, -0.05) is 45.5 Å². The van der Waals surface area contributed by atoms with Crippen LogP contribution >= 0.6 is 27.3 Å². The molecule has 0 unspecified atom stereocenters. The van der Waals surface area contributed by atoms with Crippen LogP contribution in [-0.2, 0) is 10.0 Å². The van der Waals surface area contributed by atoms with Gasteiger partial charge in [0.2, 0.25) is 0 Å². The highest BCUT2D eigenvalue weighted by molar-refractivity contribution is 9.10. The van der Waals surface area contributed by atoms with Crippen molar-refractivity contribution >= 4 is 64.2 Å². The van der Waals surface area contributed by atoms with Gasteiger partial charge in [-0.3, -0.25) is 14.4 Å². The van der Waals surface area contributed by atoms with E-state index in [2.05, 4.69) is 26.2 Å². The van der Waals surface area contributed by atoms with E-state index < -0.39 is 10.0 Å². The zero-order valence-corrected chi connectivity index (χ0v) is 19.9. The van der Waals surface area contributed by atoms with E-state index in [1.54, 1.807) is 24.3 Å². The number of hydrogen-bond acceptors (Lipinski definition) is 5. The van der Waals surface area contributed by atoms with E-state index in [0.29, 0.717) is 16.4 Å². The summed E-state index contributed by atoms with van der Waals surface area (Å²) in [7, 11) is -2.23. The van der Waals surface area contributed by atoms with E-state index in [1.165, 1.54) is 47.0 Å². The fourth-order valence-corrected chi connectivity index (χ4v) is 5.99. The van der Waals surface area contributed by atoms with Crippen molar-refractivity contribution in [1.29, 1.82) is 0 Å². The number of thiazole rings is 1. The fraction of sp³-hybridized carbons (Fsp3) is 0.0909. The van der Waals surface area contributed by atoms with Crippen LogP contribution in [0.2, 0.25) is 0 Å². The van der Waals surface area contributed by atoms with Gasteiger partial charge in [0.15, 0.2) is 5.13 Å². The minimum Gasteiger partial charge on any atom is -0.298 e. The van der Waals surface area contributed by atoms with Crippen LogP contribution in [0.25, 0.3) is 10.2 Å². The van der Waals surface area contributed by atoms with E-state index in [9.17, 15) is 13.2 Å². The molecule has 4 aromatic rings. The Morgan fingerprint density at radius 1 is 1.06 bits per heavy atom. The summed E-state index contributed by atoms with van der Waals surface area (Å²) in [6, 6.07) is 18.6. The number of aromatic nitrogens is 1. The van der Waals surface area contributed by atoms with Gasteiger partial charge in [0.1, 0.15) is 0 Å². The molecule has 0 aliphatic rings. The van der Waals surface area contributed by atoms with E-state index in [-0.39, 0.29) is 10.8 Å². The lowest BCUT2D eigenvalue weighted by Crippen LogP contribution is -2.26. The van der Waals surface area contributed by atoms with Crippen LogP contribution in [0.3, 0.4) is 0 Å². The Bertz CT molecular complexity index is 1370. The second kappa shape index (κ2) is 8.41. The number of nitrogens with one attached hydrogen (secondary N) is 1. The van der Waals surface area contributed by atoms with Gasteiger partial charge in [0.25, 0.3) is 15.9 Å². The molecule has 0 spiro atoms. The van der Waals surface area contributed by atoms with Crippen molar-refractivity contribution in [2.24, 2.45) is 0 Å². The number of fused-ring (bicyclic) bond motifs is 1. The number of hydrogen-bond donors (Lipinski definition) is 1. The summed E-state index contributed by atoms with van der Waals surface area (Å²) in [5, 5.41) is 3.28. The summed E-state index contributed by atoms with van der Waals surface area (Å²) in [4.78, 5) is 17.2. The van der Waals surface area contributed by atoms with Crippen LogP contribution in [0.4, 0.5) is 10.8 Å². The molecule has 0 bridgehead atoms. The maximum absolute atomic E-state index is 12.9. The lowest BCUT2D eigenvalue weighted by atomic mass is 10.2. The Hall–Kier alpha value is -2.75. The molecular weight excluding hydrogens is 498 g/mol. The zero-order valence-electron chi connectivity index (χ0n) is 16.7. The number of halogens is 1. The average Bonchev–Trinajstić information content (AvgIpc) is 3.16. The lowest BCUT2D eigenvalue weighted by molar-refractivity contribution is 0.102. The number of sulfonamides is 1. The van der Waals surface area contributed by atoms with Crippen LogP contribution in [-0.4, -0.2) is 26.4 Å². The first-order chi connectivity index (χ1) is 14.8. The Kier molecular flexibility index (Phi) is 5.83. The minimum atomic E-state index is -3.73. The lowest BCUT2D eigenvalue weighted by Gasteiger charge is -2.19. The Balaban J connectivity index is 1.54. The van der Waals surface area contributed by atoms with Gasteiger partial charge in [-0.2, -0.15) is 0 Å². The van der Waals surface area contributed by atoms with Gasteiger partial charge < -0.3 is 0 Å². The van der Waals surface area contributed by atoms with Gasteiger partial charge in [0, 0.05) is 17.1 Å². The number of aryl methyl sites for hydroxylation is 1. The first kappa shape index (κ1) is 21.5. The van der Waals surface area contributed by atoms with Gasteiger partial charge in [-0.25, -0.2) is 13.4 Å². The van der Waals surface area contributed by atoms with Crippen molar-refractivity contribution in [3.8, 4) is 0 Å². The molecule has 0 saturated carbocycles. The highest BCUT2D eigenvalue weighted by atomic mass is 79.9. The van der Waals surface area contributed by atoms with Gasteiger partial charge in [-0.05, 0) is 61.0 Å². The van der Waals surface area contributed by atoms with Crippen LogP contribution in [0, 0.1) is 6.92 Å². The van der Waals surface area contributed by atoms with Gasteiger partial charge >= 0.3 is 0 Å². The largest absolute Gasteiger partial charge is 0.298 e. The molecule has 1 N–H and O–H groups in total. The van der Waals surface area contributed by atoms with E-state index in [4.69, 9.17) is 0 Å². The maximum Gasteiger partial charge on any atom is 0.264 e. The number of nitrogens with zero attached hydrogens (tertiary/aromatic N) is 2. The smallest absolute Gasteiger partial charge is 0.264 e. The third-order valence-corrected chi connectivity index (χ3v) is 7.94. The molecule has 1 aromatic heterocycles. The number of anilines is 2. The Morgan fingerprint density at radius 3 is 2.42 bits per heavy atom. The molecule has 6 nitrogen and oxygen atoms in total. The SMILES string of the molecule is Cc1cc(Br)cc2sc(NC(=O)c3ccc(S(=O)(=O)N(C)c4ccccc4)cc3)nc12. The molecule has 0 fully saturated rings. The van der Waals surface area contributed by atoms with Crippen LogP contribution in [0.15, 0.2) is 76.1 Å². The van der Waals surface area contributed by atoms with Crippen molar-refractivity contribution in [2.45, 2.75) is 11.8 Å². The number of para-hydroxylation sites is 1. The van der Waals surface area contributed by atoms with Crippen molar-refractivity contribution in [3.63, 3.8) is 0 Å². The van der Waals surface area contributed by atoms with Crippen molar-refractivity contribution in [1.82, 2.24) is 4.98 Å². The van der Waals surface area contributed by atoms with Crippen molar-refractivity contribution in [3.05, 3.63) is 82.3 Å². The predicted molar refractivity (Wildman–Crippen MR) is 128 cm³/mol. The normalized spacial score (nSPS) is 11.5. The zero-order chi connectivity index (χ0) is 22.2. The Morgan fingerprint density at radius 2 is 1.74 bits per heavy atom. The molecule has 1 heterocycles. The maximum atomic E-state index is 12.9. The molecule has 1 amide bonds. The van der Waals surface area contributed by atoms with Crippen LogP contribution in [0.5, 0.6) is 0 Å². The van der Waals surface area contributed by atoms with Gasteiger partial charge in [0.05, 0.1) is 20.8 Å². The van der Waals surface area contributed by atoms with E-state index in [1.807, 2.05) is 25.1 Å². The summed E-state index contributed by atoms with van der Waals surface area (Å²) >= 11 is 4.85. The van der Waals surface area contributed by atoms with Crippen molar-refractivity contribution in [2.75, 3.05) is 16.7 Å². The number of rotatable bonds is 5. The monoisotopic (exact) mass is 515 g/mol. The summed E-state index contributed by atoms with van der Waals surface area (Å²) in [5.41, 5.74) is 2.76. The number of carbonyl (C=O) groups is 1. The van der Waals surface area contributed by atoms with Gasteiger partial charge in [-0.15, -0.1) is 0 Å². The molecule has 4 rings (SSSR count). The third kappa shape index (κ3) is 4.34. The number of benzene rings is 3. The van der Waals surface area contributed by atoms with Crippen molar-refractivity contribution < 1.29 is 13.2 Å². The molecule has 158 valence electrons. The third-order valence-electron chi connectivity index (χ3n) is 4.77. The molecule has 31 heavy (non-hydrogen) atoms. The first-order valence-electron chi connectivity index (χ1n) is 9.28. The number of carbonyl (C=O) groups excluding carboxylic acids is 1. The molecule has 0 aliphatic carbocycles. The number of amides is 1. The van der Waals surface area contributed by atoms with E-state index >= 15 is 0 Å². The molecule has 0 atom stereocenters. The molecule has 0 saturated heterocycles.